The summed E-state index contributed by atoms with van der Waals surface area (Å²) in [5, 5.41) is 3.48. The average molecular weight is 463 g/mol. The van der Waals surface area contributed by atoms with Crippen molar-refractivity contribution in [2.45, 2.75) is 17.4 Å². The van der Waals surface area contributed by atoms with Crippen LogP contribution in [0.25, 0.3) is 0 Å². The standard InChI is InChI=1S/C21H17BrClNO4/c22-18-12-9-13-17(21(26)28-19(13)18)16(12)20(25)24-10-5-7-11(8-6-10)27-15-4-2-1-3-14(15)23/h1-8,12-13,16-19H,9H2,(H,24,25)/t12-,13-,16-,17-,18+,19+/m1/s1. The second-order valence-electron chi connectivity index (χ2n) is 7.51. The van der Waals surface area contributed by atoms with Crippen LogP contribution in [0.3, 0.4) is 0 Å². The number of fused-ring (bicyclic) bond motifs is 1. The summed E-state index contributed by atoms with van der Waals surface area (Å²) in [4.78, 5) is 25.2. The molecule has 1 amide bonds. The van der Waals surface area contributed by atoms with Crippen LogP contribution >= 0.6 is 27.5 Å². The van der Waals surface area contributed by atoms with E-state index >= 15 is 0 Å². The van der Waals surface area contributed by atoms with Gasteiger partial charge < -0.3 is 14.8 Å². The van der Waals surface area contributed by atoms with Crippen LogP contribution in [0.15, 0.2) is 48.5 Å². The highest BCUT2D eigenvalue weighted by Gasteiger charge is 2.67. The summed E-state index contributed by atoms with van der Waals surface area (Å²) < 4.78 is 11.2. The molecule has 1 aliphatic heterocycles. The number of esters is 1. The van der Waals surface area contributed by atoms with Crippen LogP contribution in [0.4, 0.5) is 5.69 Å². The lowest BCUT2D eigenvalue weighted by Crippen LogP contribution is -2.40. The number of para-hydroxylation sites is 1. The first-order valence-electron chi connectivity index (χ1n) is 9.21. The quantitative estimate of drug-likeness (QED) is 0.531. The topological polar surface area (TPSA) is 64.6 Å². The molecule has 144 valence electrons. The lowest BCUT2D eigenvalue weighted by Gasteiger charge is -2.27. The molecule has 3 fully saturated rings. The number of amides is 1. The number of ether oxygens (including phenoxy) is 2. The number of hydrogen-bond donors (Lipinski definition) is 1. The molecule has 2 aromatic rings. The molecule has 5 nitrogen and oxygen atoms in total. The van der Waals surface area contributed by atoms with Crippen LogP contribution in [0.1, 0.15) is 6.42 Å². The number of halogens is 2. The van der Waals surface area contributed by atoms with Crippen molar-refractivity contribution in [3.63, 3.8) is 0 Å². The Morgan fingerprint density at radius 2 is 1.89 bits per heavy atom. The lowest BCUT2D eigenvalue weighted by molar-refractivity contribution is -0.145. The molecule has 1 N–H and O–H groups in total. The number of hydrogen-bond acceptors (Lipinski definition) is 4. The summed E-state index contributed by atoms with van der Waals surface area (Å²) in [7, 11) is 0. The zero-order chi connectivity index (χ0) is 19.4. The third-order valence-electron chi connectivity index (χ3n) is 6.01. The molecule has 1 saturated heterocycles. The van der Waals surface area contributed by atoms with Gasteiger partial charge in [-0.05, 0) is 48.7 Å². The fraction of sp³-hybridized carbons (Fsp3) is 0.333. The van der Waals surface area contributed by atoms with E-state index < -0.39 is 0 Å². The first-order valence-corrected chi connectivity index (χ1v) is 10.5. The summed E-state index contributed by atoms with van der Waals surface area (Å²) in [6.07, 6.45) is 0.785. The van der Waals surface area contributed by atoms with E-state index in [1.54, 1.807) is 36.4 Å². The third-order valence-corrected chi connectivity index (χ3v) is 7.52. The second-order valence-corrected chi connectivity index (χ2v) is 8.97. The van der Waals surface area contributed by atoms with Crippen molar-refractivity contribution in [1.29, 1.82) is 0 Å². The van der Waals surface area contributed by atoms with Crippen LogP contribution < -0.4 is 10.1 Å². The smallest absolute Gasteiger partial charge is 0.310 e. The average Bonchev–Trinajstić information content (AvgIpc) is 3.29. The van der Waals surface area contributed by atoms with Gasteiger partial charge in [-0.1, -0.05) is 39.7 Å². The van der Waals surface area contributed by atoms with Crippen molar-refractivity contribution in [2.75, 3.05) is 5.32 Å². The number of alkyl halides is 1. The van der Waals surface area contributed by atoms with Gasteiger partial charge in [-0.2, -0.15) is 0 Å². The van der Waals surface area contributed by atoms with Gasteiger partial charge in [0.15, 0.2) is 0 Å². The Balaban J connectivity index is 1.28. The molecule has 28 heavy (non-hydrogen) atoms. The summed E-state index contributed by atoms with van der Waals surface area (Å²) in [5.74, 6) is 0.459. The number of rotatable bonds is 4. The summed E-state index contributed by atoms with van der Waals surface area (Å²) in [6, 6.07) is 14.3. The van der Waals surface area contributed by atoms with E-state index in [0.717, 1.165) is 6.42 Å². The van der Waals surface area contributed by atoms with Crippen molar-refractivity contribution in [1.82, 2.24) is 0 Å². The summed E-state index contributed by atoms with van der Waals surface area (Å²) in [5.41, 5.74) is 0.660. The Hall–Kier alpha value is -2.05. The number of anilines is 1. The first-order chi connectivity index (χ1) is 13.5. The van der Waals surface area contributed by atoms with Gasteiger partial charge in [0.25, 0.3) is 0 Å². The minimum atomic E-state index is -0.348. The number of carbonyl (C=O) groups is 2. The van der Waals surface area contributed by atoms with Gasteiger partial charge in [0.1, 0.15) is 17.6 Å². The highest BCUT2D eigenvalue weighted by Crippen LogP contribution is 2.60. The molecule has 7 heteroatoms. The molecule has 3 aliphatic rings. The molecular weight excluding hydrogens is 446 g/mol. The molecule has 0 aromatic heterocycles. The molecular formula is C21H17BrClNO4. The minimum Gasteiger partial charge on any atom is -0.461 e. The van der Waals surface area contributed by atoms with E-state index in [0.29, 0.717) is 22.2 Å². The molecule has 0 radical (unpaired) electrons. The zero-order valence-electron chi connectivity index (χ0n) is 14.7. The maximum Gasteiger partial charge on any atom is 0.310 e. The summed E-state index contributed by atoms with van der Waals surface area (Å²) >= 11 is 9.74. The van der Waals surface area contributed by atoms with Crippen molar-refractivity contribution in [2.24, 2.45) is 23.7 Å². The van der Waals surface area contributed by atoms with Gasteiger partial charge in [-0.15, -0.1) is 0 Å². The maximum atomic E-state index is 12.9. The Labute approximate surface area is 175 Å². The maximum absolute atomic E-state index is 12.9. The number of nitrogens with one attached hydrogen (secondary N) is 1. The molecule has 2 bridgehead atoms. The highest BCUT2D eigenvalue weighted by molar-refractivity contribution is 9.09. The second kappa shape index (κ2) is 6.78. The van der Waals surface area contributed by atoms with Gasteiger partial charge in [0, 0.05) is 11.6 Å². The number of benzene rings is 2. The highest BCUT2D eigenvalue weighted by atomic mass is 79.9. The van der Waals surface area contributed by atoms with Gasteiger partial charge in [-0.3, -0.25) is 9.59 Å². The molecule has 0 spiro atoms. The molecule has 5 rings (SSSR count). The lowest BCUT2D eigenvalue weighted by atomic mass is 9.79. The van der Waals surface area contributed by atoms with Crippen LogP contribution in [0.2, 0.25) is 5.02 Å². The van der Waals surface area contributed by atoms with E-state index in [2.05, 4.69) is 21.2 Å². The Bertz CT molecular complexity index is 950. The van der Waals surface area contributed by atoms with E-state index in [1.165, 1.54) is 0 Å². The van der Waals surface area contributed by atoms with Crippen LogP contribution in [-0.2, 0) is 14.3 Å². The Morgan fingerprint density at radius 1 is 1.14 bits per heavy atom. The predicted octanol–water partition coefficient (Wildman–Crippen LogP) is 4.64. The fourth-order valence-electron chi connectivity index (χ4n) is 4.82. The van der Waals surface area contributed by atoms with E-state index in [-0.39, 0.29) is 46.5 Å². The number of carbonyl (C=O) groups excluding carboxylic acids is 2. The minimum absolute atomic E-state index is 0.0577. The van der Waals surface area contributed by atoms with Crippen LogP contribution in [0.5, 0.6) is 11.5 Å². The van der Waals surface area contributed by atoms with Crippen LogP contribution in [-0.4, -0.2) is 22.8 Å². The van der Waals surface area contributed by atoms with E-state index in [1.807, 2.05) is 12.1 Å². The molecule has 2 aromatic carbocycles. The van der Waals surface area contributed by atoms with Crippen molar-refractivity contribution < 1.29 is 19.1 Å². The summed E-state index contributed by atoms with van der Waals surface area (Å²) in [6.45, 7) is 0. The van der Waals surface area contributed by atoms with Crippen molar-refractivity contribution in [3.8, 4) is 11.5 Å². The molecule has 6 atom stereocenters. The molecule has 0 unspecified atom stereocenters. The van der Waals surface area contributed by atoms with Gasteiger partial charge in [-0.25, -0.2) is 0 Å². The van der Waals surface area contributed by atoms with Crippen molar-refractivity contribution in [3.05, 3.63) is 53.6 Å². The van der Waals surface area contributed by atoms with Gasteiger partial charge in [0.2, 0.25) is 5.91 Å². The predicted molar refractivity (Wildman–Crippen MR) is 108 cm³/mol. The van der Waals surface area contributed by atoms with Crippen LogP contribution in [0, 0.1) is 23.7 Å². The Kier molecular flexibility index (Phi) is 4.36. The fourth-order valence-corrected chi connectivity index (χ4v) is 6.04. The zero-order valence-corrected chi connectivity index (χ0v) is 17.0. The first kappa shape index (κ1) is 18.0. The SMILES string of the molecule is O=C(Nc1ccc(Oc2ccccc2Cl)cc1)[C@@H]1[C@H]2C[C@H]3[C@H](OC(=O)[C@H]31)[C@H]2Br. The molecule has 2 aliphatic carbocycles. The largest absolute Gasteiger partial charge is 0.461 e. The normalized spacial score (nSPS) is 32.3. The van der Waals surface area contributed by atoms with Gasteiger partial charge in [0.05, 0.1) is 21.7 Å². The Morgan fingerprint density at radius 3 is 2.64 bits per heavy atom. The third kappa shape index (κ3) is 2.81. The molecule has 1 heterocycles. The molecule has 2 saturated carbocycles. The van der Waals surface area contributed by atoms with E-state index in [9.17, 15) is 9.59 Å². The van der Waals surface area contributed by atoms with E-state index in [4.69, 9.17) is 21.1 Å². The van der Waals surface area contributed by atoms with Gasteiger partial charge >= 0.3 is 5.97 Å². The van der Waals surface area contributed by atoms with Crippen molar-refractivity contribution >= 4 is 45.1 Å². The monoisotopic (exact) mass is 461 g/mol.